The minimum Gasteiger partial charge on any atom is -0.347 e. The fourth-order valence-electron chi connectivity index (χ4n) is 1.93. The Balaban J connectivity index is 2.08. The van der Waals surface area contributed by atoms with Crippen molar-refractivity contribution >= 4 is 39.0 Å². The van der Waals surface area contributed by atoms with Crippen LogP contribution in [0.4, 0.5) is 0 Å². The van der Waals surface area contributed by atoms with Crippen molar-refractivity contribution in [3.05, 3.63) is 46.3 Å². The number of sulfonamides is 1. The predicted molar refractivity (Wildman–Crippen MR) is 94.7 cm³/mol. The molecule has 8 heteroatoms. The molecule has 0 aliphatic carbocycles. The molecule has 0 saturated heterocycles. The van der Waals surface area contributed by atoms with E-state index >= 15 is 0 Å². The maximum absolute atomic E-state index is 12.3. The number of aryl methyl sites for hydroxylation is 1. The fourth-order valence-corrected chi connectivity index (χ4v) is 4.51. The highest BCUT2D eigenvalue weighted by Crippen LogP contribution is 2.22. The van der Waals surface area contributed by atoms with Gasteiger partial charge in [0, 0.05) is 15.3 Å². The van der Waals surface area contributed by atoms with Crippen LogP contribution in [0.1, 0.15) is 20.8 Å². The van der Waals surface area contributed by atoms with Gasteiger partial charge in [0.05, 0.1) is 6.54 Å². The molecule has 1 heterocycles. The molecule has 1 aromatic heterocycles. The van der Waals surface area contributed by atoms with Gasteiger partial charge in [0.2, 0.25) is 10.0 Å². The van der Waals surface area contributed by atoms with E-state index in [1.54, 1.807) is 17.8 Å². The van der Waals surface area contributed by atoms with E-state index in [2.05, 4.69) is 10.0 Å². The molecule has 1 aromatic carbocycles. The Hall–Kier alpha value is -1.35. The van der Waals surface area contributed by atoms with Crippen LogP contribution in [0.5, 0.6) is 0 Å². The van der Waals surface area contributed by atoms with Crippen LogP contribution < -0.4 is 10.0 Å². The van der Waals surface area contributed by atoms with Crippen molar-refractivity contribution < 1.29 is 13.2 Å². The van der Waals surface area contributed by atoms with Crippen LogP contribution in [0.2, 0.25) is 0 Å². The third-order valence-electron chi connectivity index (χ3n) is 3.28. The number of amides is 1. The van der Waals surface area contributed by atoms with Crippen LogP contribution in [0.25, 0.3) is 0 Å². The molecular weight excluding hydrogens is 352 g/mol. The van der Waals surface area contributed by atoms with Gasteiger partial charge in [-0.1, -0.05) is 6.07 Å². The first-order chi connectivity index (χ1) is 10.9. The summed E-state index contributed by atoms with van der Waals surface area (Å²) in [6, 6.07) is 9.01. The summed E-state index contributed by atoms with van der Waals surface area (Å²) >= 11 is 2.72. The van der Waals surface area contributed by atoms with Crippen molar-refractivity contribution in [3.8, 4) is 0 Å². The highest BCUT2D eigenvalue weighted by molar-refractivity contribution is 7.98. The zero-order valence-electron chi connectivity index (χ0n) is 13.0. The van der Waals surface area contributed by atoms with Gasteiger partial charge in [-0.3, -0.25) is 4.79 Å². The van der Waals surface area contributed by atoms with E-state index in [0.717, 1.165) is 26.7 Å². The van der Waals surface area contributed by atoms with Gasteiger partial charge >= 0.3 is 0 Å². The first-order valence-corrected chi connectivity index (χ1v) is 10.3. The lowest BCUT2D eigenvalue weighted by Gasteiger charge is -2.08. The monoisotopic (exact) mass is 370 g/mol. The van der Waals surface area contributed by atoms with Crippen LogP contribution in [-0.4, -0.2) is 27.6 Å². The number of carbonyl (C=O) groups excluding carboxylic acids is 1. The molecule has 0 unspecified atom stereocenters. The third-order valence-corrected chi connectivity index (χ3v) is 7.00. The lowest BCUT2D eigenvalue weighted by atomic mass is 10.1. The molecule has 2 N–H and O–H groups in total. The van der Waals surface area contributed by atoms with Gasteiger partial charge in [-0.05, 0) is 50.1 Å². The summed E-state index contributed by atoms with van der Waals surface area (Å²) in [6.45, 7) is 2.19. The molecular formula is C15H18N2O3S3. The third kappa shape index (κ3) is 4.35. The average molecular weight is 371 g/mol. The van der Waals surface area contributed by atoms with Crippen LogP contribution in [0.3, 0.4) is 0 Å². The van der Waals surface area contributed by atoms with E-state index in [9.17, 15) is 13.2 Å². The van der Waals surface area contributed by atoms with Crippen molar-refractivity contribution in [2.75, 3.05) is 13.3 Å². The topological polar surface area (TPSA) is 75.3 Å². The van der Waals surface area contributed by atoms with E-state index in [4.69, 9.17) is 0 Å². The van der Waals surface area contributed by atoms with Gasteiger partial charge in [0.15, 0.2) is 0 Å². The quantitative estimate of drug-likeness (QED) is 0.767. The minimum absolute atomic E-state index is 0.162. The Kier molecular flexibility index (Phi) is 5.85. The second-order valence-corrected chi connectivity index (χ2v) is 8.95. The van der Waals surface area contributed by atoms with Gasteiger partial charge in [0.1, 0.15) is 4.21 Å². The molecule has 0 radical (unpaired) electrons. The van der Waals surface area contributed by atoms with Crippen LogP contribution in [0.15, 0.2) is 39.4 Å². The van der Waals surface area contributed by atoms with E-state index in [1.807, 2.05) is 31.4 Å². The Morgan fingerprint density at radius 3 is 2.65 bits per heavy atom. The van der Waals surface area contributed by atoms with Crippen molar-refractivity contribution in [1.29, 1.82) is 0 Å². The maximum Gasteiger partial charge on any atom is 0.251 e. The van der Waals surface area contributed by atoms with Gasteiger partial charge < -0.3 is 5.32 Å². The summed E-state index contributed by atoms with van der Waals surface area (Å²) in [4.78, 5) is 14.1. The number of benzene rings is 1. The normalized spacial score (nSPS) is 11.4. The summed E-state index contributed by atoms with van der Waals surface area (Å²) < 4.78 is 25.9. The molecule has 0 aliphatic heterocycles. The molecule has 0 aliphatic rings. The van der Waals surface area contributed by atoms with Crippen LogP contribution >= 0.6 is 23.1 Å². The molecule has 0 bridgehead atoms. The average Bonchev–Trinajstić information content (AvgIpc) is 3.03. The second-order valence-electron chi connectivity index (χ2n) is 4.79. The lowest BCUT2D eigenvalue weighted by molar-refractivity contribution is 0.0950. The number of hydrogen-bond donors (Lipinski definition) is 2. The first-order valence-electron chi connectivity index (χ1n) is 6.82. The molecule has 2 aromatic rings. The van der Waals surface area contributed by atoms with E-state index in [1.165, 1.54) is 13.1 Å². The number of carbonyl (C=O) groups is 1. The predicted octanol–water partition coefficient (Wildman–Crippen LogP) is 2.62. The SMILES string of the molecule is CNS(=O)(=O)c1ccc(CNC(=O)c2cc(SC)ccc2C)s1. The van der Waals surface area contributed by atoms with Crippen molar-refractivity contribution in [3.63, 3.8) is 0 Å². The molecule has 2 rings (SSSR count). The van der Waals surface area contributed by atoms with Gasteiger partial charge in [0.25, 0.3) is 5.91 Å². The molecule has 124 valence electrons. The number of rotatable bonds is 6. The maximum atomic E-state index is 12.3. The smallest absolute Gasteiger partial charge is 0.251 e. The zero-order valence-corrected chi connectivity index (χ0v) is 15.5. The Morgan fingerprint density at radius 2 is 2.00 bits per heavy atom. The highest BCUT2D eigenvalue weighted by atomic mass is 32.2. The molecule has 1 amide bonds. The molecule has 5 nitrogen and oxygen atoms in total. The minimum atomic E-state index is -3.43. The van der Waals surface area contributed by atoms with E-state index < -0.39 is 10.0 Å². The fraction of sp³-hybridized carbons (Fsp3) is 0.267. The van der Waals surface area contributed by atoms with Gasteiger partial charge in [-0.2, -0.15) is 0 Å². The van der Waals surface area contributed by atoms with Gasteiger partial charge in [-0.25, -0.2) is 13.1 Å². The molecule has 0 atom stereocenters. The summed E-state index contributed by atoms with van der Waals surface area (Å²) in [5.74, 6) is -0.162. The summed E-state index contributed by atoms with van der Waals surface area (Å²) in [6.07, 6.45) is 1.96. The second kappa shape index (κ2) is 7.48. The van der Waals surface area contributed by atoms with Gasteiger partial charge in [-0.15, -0.1) is 23.1 Å². The molecule has 0 spiro atoms. The van der Waals surface area contributed by atoms with Crippen molar-refractivity contribution in [1.82, 2.24) is 10.0 Å². The summed E-state index contributed by atoms with van der Waals surface area (Å²) in [5, 5.41) is 2.84. The summed E-state index contributed by atoms with van der Waals surface area (Å²) in [7, 11) is -2.06. The Labute approximate surface area is 144 Å². The number of thiophene rings is 1. The molecule has 23 heavy (non-hydrogen) atoms. The van der Waals surface area contributed by atoms with Crippen molar-refractivity contribution in [2.45, 2.75) is 22.6 Å². The lowest BCUT2D eigenvalue weighted by Crippen LogP contribution is -2.23. The van der Waals surface area contributed by atoms with Crippen LogP contribution in [-0.2, 0) is 16.6 Å². The first kappa shape index (κ1) is 18.0. The Morgan fingerprint density at radius 1 is 1.26 bits per heavy atom. The molecule has 0 saturated carbocycles. The largest absolute Gasteiger partial charge is 0.347 e. The highest BCUT2D eigenvalue weighted by Gasteiger charge is 2.15. The Bertz CT molecular complexity index is 813. The zero-order chi connectivity index (χ0) is 17.0. The van der Waals surface area contributed by atoms with Crippen LogP contribution in [0, 0.1) is 6.92 Å². The van der Waals surface area contributed by atoms with E-state index in [-0.39, 0.29) is 10.1 Å². The number of nitrogens with one attached hydrogen (secondary N) is 2. The number of hydrogen-bond acceptors (Lipinski definition) is 5. The van der Waals surface area contributed by atoms with Crippen molar-refractivity contribution in [2.24, 2.45) is 0 Å². The number of thioether (sulfide) groups is 1. The molecule has 0 fully saturated rings. The standard InChI is InChI=1S/C15H18N2O3S3/c1-10-4-5-11(21-3)8-13(10)15(18)17-9-12-6-7-14(22-12)23(19,20)16-2/h4-8,16H,9H2,1-3H3,(H,17,18). The van der Waals surface area contributed by atoms with E-state index in [0.29, 0.717) is 12.1 Å². The summed E-state index contributed by atoms with van der Waals surface area (Å²) in [5.41, 5.74) is 1.54.